The molecule has 0 radical (unpaired) electrons. The summed E-state index contributed by atoms with van der Waals surface area (Å²) in [5.74, 6) is -1.40. The molecule has 0 aliphatic rings. The van der Waals surface area contributed by atoms with Crippen LogP contribution >= 0.6 is 11.3 Å². The van der Waals surface area contributed by atoms with Crippen LogP contribution in [0.4, 0.5) is 14.5 Å². The molecule has 0 aliphatic carbocycles. The maximum atomic E-state index is 12.8. The third kappa shape index (κ3) is 2.63. The number of hydrogen-bond acceptors (Lipinski definition) is 6. The summed E-state index contributed by atoms with van der Waals surface area (Å²) in [6.07, 6.45) is 2.18. The number of pyridine rings is 1. The molecule has 9 heteroatoms. The summed E-state index contributed by atoms with van der Waals surface area (Å²) in [4.78, 5) is 28.4. The highest BCUT2D eigenvalue weighted by Gasteiger charge is 2.14. The molecule has 0 aliphatic heterocycles. The van der Waals surface area contributed by atoms with Crippen molar-refractivity contribution in [3.05, 3.63) is 46.2 Å². The monoisotopic (exact) mass is 268 g/mol. The first-order chi connectivity index (χ1) is 8.56. The Morgan fingerprint density at radius 1 is 1.50 bits per heavy atom. The average molecular weight is 268 g/mol. The van der Waals surface area contributed by atoms with E-state index in [9.17, 15) is 19.3 Å². The van der Waals surface area contributed by atoms with Crippen molar-refractivity contribution < 1.29 is 14.1 Å². The van der Waals surface area contributed by atoms with Crippen LogP contribution in [-0.2, 0) is 0 Å². The van der Waals surface area contributed by atoms with Crippen LogP contribution in [0.3, 0.4) is 0 Å². The Morgan fingerprint density at radius 3 is 2.89 bits per heavy atom. The van der Waals surface area contributed by atoms with Gasteiger partial charge in [-0.2, -0.15) is 4.39 Å². The van der Waals surface area contributed by atoms with E-state index in [1.807, 2.05) is 0 Å². The molecule has 0 saturated heterocycles. The highest BCUT2D eigenvalue weighted by molar-refractivity contribution is 7.18. The van der Waals surface area contributed by atoms with Gasteiger partial charge in [0.05, 0.1) is 4.92 Å². The van der Waals surface area contributed by atoms with Crippen LogP contribution in [0.25, 0.3) is 0 Å². The Hall–Kier alpha value is -2.42. The van der Waals surface area contributed by atoms with Crippen molar-refractivity contribution in [2.75, 3.05) is 5.32 Å². The lowest BCUT2D eigenvalue weighted by Gasteiger charge is -2.00. The number of anilines is 1. The molecule has 1 N–H and O–H groups in total. The maximum Gasteiger partial charge on any atom is 0.345 e. The van der Waals surface area contributed by atoms with Crippen molar-refractivity contribution in [1.82, 2.24) is 9.97 Å². The standard InChI is InChI=1S/C9H5FN4O3S/c10-6-3-5(1-2-11-6)8(15)13-9-12-4-7(18-9)14(16)17/h1-4H,(H,12,13,15). The number of nitro groups is 1. The number of hydrogen-bond donors (Lipinski definition) is 1. The van der Waals surface area contributed by atoms with Crippen LogP contribution in [0.1, 0.15) is 10.4 Å². The minimum atomic E-state index is -0.784. The Bertz CT molecular complexity index is 615. The molecule has 0 bridgehead atoms. The van der Waals surface area contributed by atoms with Gasteiger partial charge in [-0.05, 0) is 17.4 Å². The van der Waals surface area contributed by atoms with Crippen molar-refractivity contribution in [3.8, 4) is 0 Å². The van der Waals surface area contributed by atoms with Gasteiger partial charge in [0.25, 0.3) is 5.91 Å². The molecule has 18 heavy (non-hydrogen) atoms. The number of rotatable bonds is 3. The molecule has 2 aromatic rings. The number of amides is 1. The van der Waals surface area contributed by atoms with E-state index in [0.29, 0.717) is 11.3 Å². The topological polar surface area (TPSA) is 98.0 Å². The quantitative estimate of drug-likeness (QED) is 0.520. The van der Waals surface area contributed by atoms with Gasteiger partial charge in [0.2, 0.25) is 5.95 Å². The highest BCUT2D eigenvalue weighted by Crippen LogP contribution is 2.25. The third-order valence-corrected chi connectivity index (χ3v) is 2.75. The molecule has 0 aromatic carbocycles. The van der Waals surface area contributed by atoms with E-state index in [-0.39, 0.29) is 15.7 Å². The number of thiazole rings is 1. The fourth-order valence-corrected chi connectivity index (χ4v) is 1.75. The van der Waals surface area contributed by atoms with E-state index in [2.05, 4.69) is 15.3 Å². The second-order valence-corrected chi connectivity index (χ2v) is 4.09. The lowest BCUT2D eigenvalue weighted by atomic mass is 10.2. The first kappa shape index (κ1) is 12.0. The van der Waals surface area contributed by atoms with Gasteiger partial charge in [-0.3, -0.25) is 20.2 Å². The van der Waals surface area contributed by atoms with Crippen LogP contribution in [0, 0.1) is 16.1 Å². The lowest BCUT2D eigenvalue weighted by molar-refractivity contribution is -0.380. The number of carbonyl (C=O) groups is 1. The van der Waals surface area contributed by atoms with Crippen LogP contribution in [0.5, 0.6) is 0 Å². The molecule has 1 amide bonds. The van der Waals surface area contributed by atoms with E-state index in [0.717, 1.165) is 18.5 Å². The zero-order chi connectivity index (χ0) is 13.1. The number of aromatic nitrogens is 2. The fraction of sp³-hybridized carbons (Fsp3) is 0. The first-order valence-corrected chi connectivity index (χ1v) is 5.41. The van der Waals surface area contributed by atoms with Gasteiger partial charge in [0.1, 0.15) is 6.20 Å². The smallest absolute Gasteiger partial charge is 0.298 e. The van der Waals surface area contributed by atoms with E-state index in [4.69, 9.17) is 0 Å². The van der Waals surface area contributed by atoms with Crippen LogP contribution in [0.15, 0.2) is 24.5 Å². The van der Waals surface area contributed by atoms with Gasteiger partial charge in [0.15, 0.2) is 5.13 Å². The minimum absolute atomic E-state index is 0.0559. The fourth-order valence-electron chi connectivity index (χ4n) is 1.12. The molecule has 0 saturated carbocycles. The summed E-state index contributed by atoms with van der Waals surface area (Å²) < 4.78 is 12.8. The van der Waals surface area contributed by atoms with Gasteiger partial charge in [-0.1, -0.05) is 0 Å². The molecule has 0 unspecified atom stereocenters. The second kappa shape index (κ2) is 4.84. The Morgan fingerprint density at radius 2 is 2.28 bits per heavy atom. The summed E-state index contributed by atoms with van der Waals surface area (Å²) in [5.41, 5.74) is 0.0559. The van der Waals surface area contributed by atoms with Crippen molar-refractivity contribution in [2.24, 2.45) is 0 Å². The normalized spacial score (nSPS) is 10.1. The van der Waals surface area contributed by atoms with E-state index in [1.54, 1.807) is 0 Å². The van der Waals surface area contributed by atoms with Crippen LogP contribution < -0.4 is 5.32 Å². The molecular weight excluding hydrogens is 263 g/mol. The molecule has 2 rings (SSSR count). The van der Waals surface area contributed by atoms with E-state index >= 15 is 0 Å². The first-order valence-electron chi connectivity index (χ1n) is 4.59. The molecule has 0 fully saturated rings. The largest absolute Gasteiger partial charge is 0.345 e. The SMILES string of the molecule is O=C(Nc1ncc([N+](=O)[O-])s1)c1ccnc(F)c1. The van der Waals surface area contributed by atoms with Crippen molar-refractivity contribution in [1.29, 1.82) is 0 Å². The zero-order valence-corrected chi connectivity index (χ0v) is 9.48. The summed E-state index contributed by atoms with van der Waals surface area (Å²) in [5, 5.41) is 12.6. The summed E-state index contributed by atoms with van der Waals surface area (Å²) in [7, 11) is 0. The average Bonchev–Trinajstić information content (AvgIpc) is 2.77. The van der Waals surface area contributed by atoms with Crippen LogP contribution in [-0.4, -0.2) is 20.8 Å². The van der Waals surface area contributed by atoms with Gasteiger partial charge in [-0.15, -0.1) is 0 Å². The molecule has 2 aromatic heterocycles. The van der Waals surface area contributed by atoms with Gasteiger partial charge >= 0.3 is 5.00 Å². The Labute approximate surface area is 103 Å². The molecular formula is C9H5FN4O3S. The zero-order valence-electron chi connectivity index (χ0n) is 8.66. The summed E-state index contributed by atoms with van der Waals surface area (Å²) in [6, 6.07) is 2.28. The second-order valence-electron chi connectivity index (χ2n) is 3.08. The minimum Gasteiger partial charge on any atom is -0.298 e. The highest BCUT2D eigenvalue weighted by atomic mass is 32.1. The van der Waals surface area contributed by atoms with Gasteiger partial charge in [-0.25, -0.2) is 9.97 Å². The molecule has 0 atom stereocenters. The summed E-state index contributed by atoms with van der Waals surface area (Å²) >= 11 is 0.717. The maximum absolute atomic E-state index is 12.8. The predicted octanol–water partition coefficient (Wildman–Crippen LogP) is 1.84. The molecule has 2 heterocycles. The van der Waals surface area contributed by atoms with Crippen molar-refractivity contribution in [2.45, 2.75) is 0 Å². The molecule has 92 valence electrons. The van der Waals surface area contributed by atoms with Crippen molar-refractivity contribution in [3.63, 3.8) is 0 Å². The van der Waals surface area contributed by atoms with Crippen molar-refractivity contribution >= 4 is 27.4 Å². The number of nitrogens with one attached hydrogen (secondary N) is 1. The van der Waals surface area contributed by atoms with Gasteiger partial charge in [0, 0.05) is 17.8 Å². The molecule has 0 spiro atoms. The third-order valence-electron chi connectivity index (χ3n) is 1.88. The number of carbonyl (C=O) groups excluding carboxylic acids is 1. The van der Waals surface area contributed by atoms with Crippen LogP contribution in [0.2, 0.25) is 0 Å². The molecule has 7 nitrogen and oxygen atoms in total. The Balaban J connectivity index is 2.13. The van der Waals surface area contributed by atoms with E-state index < -0.39 is 16.8 Å². The number of nitrogens with zero attached hydrogens (tertiary/aromatic N) is 3. The predicted molar refractivity (Wildman–Crippen MR) is 60.9 cm³/mol. The lowest BCUT2D eigenvalue weighted by Crippen LogP contribution is -2.12. The number of halogens is 1. The van der Waals surface area contributed by atoms with E-state index in [1.165, 1.54) is 6.07 Å². The Kier molecular flexibility index (Phi) is 3.24. The summed E-state index contributed by atoms with van der Waals surface area (Å²) in [6.45, 7) is 0. The van der Waals surface area contributed by atoms with Gasteiger partial charge < -0.3 is 0 Å².